The number of hydrogen-bond donors (Lipinski definition) is 1. The number of carbonyl (C=O) groups is 2. The fourth-order valence-electron chi connectivity index (χ4n) is 2.59. The molecule has 0 unspecified atom stereocenters. The summed E-state index contributed by atoms with van der Waals surface area (Å²) in [4.78, 5) is 30.3. The van der Waals surface area contributed by atoms with Gasteiger partial charge in [-0.3, -0.25) is 9.59 Å². The Morgan fingerprint density at radius 2 is 1.89 bits per heavy atom. The maximum atomic E-state index is 12.4. The molecule has 2 amide bonds. The van der Waals surface area contributed by atoms with Crippen molar-refractivity contribution in [3.8, 4) is 17.1 Å². The average molecular weight is 388 g/mol. The van der Waals surface area contributed by atoms with Crippen molar-refractivity contribution in [2.75, 3.05) is 20.2 Å². The molecule has 152 valence electrons. The van der Waals surface area contributed by atoms with E-state index in [0.29, 0.717) is 24.7 Å². The molecule has 8 nitrogen and oxygen atoms in total. The van der Waals surface area contributed by atoms with E-state index < -0.39 is 0 Å². The molecule has 0 saturated heterocycles. The number of nitrogens with zero attached hydrogens (tertiary/aromatic N) is 3. The zero-order valence-electron chi connectivity index (χ0n) is 17.1. The van der Waals surface area contributed by atoms with Crippen molar-refractivity contribution in [2.45, 2.75) is 46.1 Å². The van der Waals surface area contributed by atoms with Gasteiger partial charge in [-0.15, -0.1) is 0 Å². The second-order valence-electron chi connectivity index (χ2n) is 7.45. The molecule has 0 radical (unpaired) electrons. The van der Waals surface area contributed by atoms with Crippen LogP contribution in [0.5, 0.6) is 5.75 Å². The van der Waals surface area contributed by atoms with E-state index in [0.717, 1.165) is 11.3 Å². The molecule has 1 N–H and O–H groups in total. The highest BCUT2D eigenvalue weighted by atomic mass is 16.5. The van der Waals surface area contributed by atoms with Gasteiger partial charge in [-0.25, -0.2) is 0 Å². The molecule has 28 heavy (non-hydrogen) atoms. The number of methoxy groups -OCH3 is 1. The predicted octanol–water partition coefficient (Wildman–Crippen LogP) is 2.44. The minimum absolute atomic E-state index is 0.0353. The molecule has 1 heterocycles. The maximum absolute atomic E-state index is 12.4. The number of hydrogen-bond acceptors (Lipinski definition) is 6. The molecule has 0 aliphatic rings. The molecule has 1 aromatic heterocycles. The van der Waals surface area contributed by atoms with Crippen molar-refractivity contribution in [1.29, 1.82) is 0 Å². The third kappa shape index (κ3) is 6.37. The highest BCUT2D eigenvalue weighted by Crippen LogP contribution is 2.20. The summed E-state index contributed by atoms with van der Waals surface area (Å²) in [5.41, 5.74) is 0.470. The van der Waals surface area contributed by atoms with Gasteiger partial charge in [-0.1, -0.05) is 5.16 Å². The van der Waals surface area contributed by atoms with Gasteiger partial charge in [-0.05, 0) is 52.0 Å². The van der Waals surface area contributed by atoms with E-state index in [1.807, 2.05) is 52.0 Å². The Morgan fingerprint density at radius 1 is 1.21 bits per heavy atom. The molecule has 0 atom stereocenters. The molecule has 0 bridgehead atoms. The van der Waals surface area contributed by atoms with E-state index in [1.165, 1.54) is 4.90 Å². The van der Waals surface area contributed by atoms with Crippen LogP contribution in [0.25, 0.3) is 11.4 Å². The van der Waals surface area contributed by atoms with Crippen LogP contribution < -0.4 is 10.1 Å². The third-order valence-electron chi connectivity index (χ3n) is 3.95. The molecule has 0 aliphatic heterocycles. The van der Waals surface area contributed by atoms with Crippen molar-refractivity contribution >= 4 is 11.8 Å². The van der Waals surface area contributed by atoms with Crippen LogP contribution in [-0.4, -0.2) is 52.6 Å². The molecule has 2 rings (SSSR count). The Bertz CT molecular complexity index is 793. The van der Waals surface area contributed by atoms with Crippen molar-refractivity contribution in [2.24, 2.45) is 0 Å². The normalized spacial score (nSPS) is 11.2. The second kappa shape index (κ2) is 9.34. The number of aryl methyl sites for hydroxylation is 1. The number of benzene rings is 1. The van der Waals surface area contributed by atoms with Crippen LogP contribution in [0.2, 0.25) is 0 Å². The molecule has 2 aromatic rings. The number of amides is 2. The Hall–Kier alpha value is -2.90. The molecular formula is C20H28N4O4. The number of nitrogens with one attached hydrogen (secondary N) is 1. The number of carbonyl (C=O) groups excluding carboxylic acids is 2. The quantitative estimate of drug-likeness (QED) is 0.746. The van der Waals surface area contributed by atoms with Gasteiger partial charge in [0.15, 0.2) is 0 Å². The molecule has 0 spiro atoms. The first-order chi connectivity index (χ1) is 13.2. The minimum atomic E-state index is -0.332. The zero-order valence-corrected chi connectivity index (χ0v) is 17.1. The summed E-state index contributed by atoms with van der Waals surface area (Å²) in [5, 5.41) is 6.82. The lowest BCUT2D eigenvalue weighted by atomic mass is 10.1. The van der Waals surface area contributed by atoms with Crippen LogP contribution in [0.15, 0.2) is 28.8 Å². The molecular weight excluding hydrogens is 360 g/mol. The summed E-state index contributed by atoms with van der Waals surface area (Å²) in [6.07, 6.45) is 0.514. The number of rotatable bonds is 8. The predicted molar refractivity (Wildman–Crippen MR) is 105 cm³/mol. The standard InChI is InChI=1S/C20H28N4O4/c1-6-24(13-16(25)22-20(2,3)4)18(26)12-11-17-21-19(23-28-17)14-7-9-15(27-5)10-8-14/h7-10H,6,11-13H2,1-5H3,(H,22,25). The van der Waals surface area contributed by atoms with E-state index in [9.17, 15) is 9.59 Å². The first kappa shape index (κ1) is 21.4. The van der Waals surface area contributed by atoms with Crippen LogP contribution >= 0.6 is 0 Å². The van der Waals surface area contributed by atoms with Crippen molar-refractivity contribution < 1.29 is 18.8 Å². The van der Waals surface area contributed by atoms with Crippen LogP contribution in [0, 0.1) is 0 Å². The molecule has 0 saturated carbocycles. The number of aromatic nitrogens is 2. The van der Waals surface area contributed by atoms with Crippen LogP contribution in [0.1, 0.15) is 40.0 Å². The summed E-state index contributed by atoms with van der Waals surface area (Å²) >= 11 is 0. The maximum Gasteiger partial charge on any atom is 0.240 e. The Balaban J connectivity index is 1.90. The van der Waals surface area contributed by atoms with Gasteiger partial charge in [0.05, 0.1) is 13.7 Å². The lowest BCUT2D eigenvalue weighted by Crippen LogP contribution is -2.47. The van der Waals surface area contributed by atoms with E-state index in [-0.39, 0.29) is 30.3 Å². The first-order valence-corrected chi connectivity index (χ1v) is 9.27. The fraction of sp³-hybridized carbons (Fsp3) is 0.500. The monoisotopic (exact) mass is 388 g/mol. The first-order valence-electron chi connectivity index (χ1n) is 9.27. The van der Waals surface area contributed by atoms with E-state index in [4.69, 9.17) is 9.26 Å². The SMILES string of the molecule is CCN(CC(=O)NC(C)(C)C)C(=O)CCc1nc(-c2ccc(OC)cc2)no1. The van der Waals surface area contributed by atoms with Gasteiger partial charge in [0.1, 0.15) is 5.75 Å². The highest BCUT2D eigenvalue weighted by Gasteiger charge is 2.20. The summed E-state index contributed by atoms with van der Waals surface area (Å²) in [5.74, 6) is 1.28. The Kier molecular flexibility index (Phi) is 7.14. The molecule has 0 fully saturated rings. The van der Waals surface area contributed by atoms with Crippen LogP contribution in [-0.2, 0) is 16.0 Å². The number of ether oxygens (including phenoxy) is 1. The topological polar surface area (TPSA) is 97.6 Å². The smallest absolute Gasteiger partial charge is 0.240 e. The molecule has 8 heteroatoms. The average Bonchev–Trinajstić information content (AvgIpc) is 3.11. The summed E-state index contributed by atoms with van der Waals surface area (Å²) < 4.78 is 10.4. The van der Waals surface area contributed by atoms with Crippen molar-refractivity contribution in [3.63, 3.8) is 0 Å². The van der Waals surface area contributed by atoms with Gasteiger partial charge in [0.2, 0.25) is 23.5 Å². The van der Waals surface area contributed by atoms with E-state index in [1.54, 1.807) is 7.11 Å². The lowest BCUT2D eigenvalue weighted by Gasteiger charge is -2.25. The molecule has 1 aromatic carbocycles. The molecule has 0 aliphatic carbocycles. The lowest BCUT2D eigenvalue weighted by molar-refractivity contribution is -0.136. The van der Waals surface area contributed by atoms with Gasteiger partial charge in [0, 0.05) is 30.5 Å². The van der Waals surface area contributed by atoms with Crippen molar-refractivity contribution in [1.82, 2.24) is 20.4 Å². The number of likely N-dealkylation sites (N-methyl/N-ethyl adjacent to an activating group) is 1. The van der Waals surface area contributed by atoms with Crippen LogP contribution in [0.3, 0.4) is 0 Å². The third-order valence-corrected chi connectivity index (χ3v) is 3.95. The highest BCUT2D eigenvalue weighted by molar-refractivity contribution is 5.85. The second-order valence-corrected chi connectivity index (χ2v) is 7.45. The van der Waals surface area contributed by atoms with Gasteiger partial charge in [-0.2, -0.15) is 4.98 Å². The van der Waals surface area contributed by atoms with E-state index in [2.05, 4.69) is 15.5 Å². The summed E-state index contributed by atoms with van der Waals surface area (Å²) in [6, 6.07) is 7.31. The summed E-state index contributed by atoms with van der Waals surface area (Å²) in [6.45, 7) is 8.04. The van der Waals surface area contributed by atoms with Gasteiger partial charge in [0.25, 0.3) is 0 Å². The largest absolute Gasteiger partial charge is 0.497 e. The minimum Gasteiger partial charge on any atom is -0.497 e. The summed E-state index contributed by atoms with van der Waals surface area (Å²) in [7, 11) is 1.60. The van der Waals surface area contributed by atoms with Crippen molar-refractivity contribution in [3.05, 3.63) is 30.2 Å². The Labute approximate surface area is 165 Å². The van der Waals surface area contributed by atoms with Crippen LogP contribution in [0.4, 0.5) is 0 Å². The Morgan fingerprint density at radius 3 is 2.46 bits per heavy atom. The van der Waals surface area contributed by atoms with Gasteiger partial charge < -0.3 is 19.5 Å². The zero-order chi connectivity index (χ0) is 20.7. The van der Waals surface area contributed by atoms with E-state index >= 15 is 0 Å². The fourth-order valence-corrected chi connectivity index (χ4v) is 2.59. The van der Waals surface area contributed by atoms with Gasteiger partial charge >= 0.3 is 0 Å².